The largest absolute Gasteiger partial charge is 0.261 e. The molecule has 1 atom stereocenters. The minimum atomic E-state index is 0.433. The fourth-order valence-corrected chi connectivity index (χ4v) is 4.09. The van der Waals surface area contributed by atoms with E-state index < -0.39 is 0 Å². The second-order valence-electron chi connectivity index (χ2n) is 9.04. The van der Waals surface area contributed by atoms with Crippen molar-refractivity contribution in [3.8, 4) is 0 Å². The lowest BCUT2D eigenvalue weighted by molar-refractivity contribution is 0.709. The Labute approximate surface area is 170 Å². The predicted molar refractivity (Wildman–Crippen MR) is 120 cm³/mol. The standard InChI is InChI=1S/C26H34N2/c1-16(2)23-15-21-11-10-20(14-24(21)28-26(23)18(5)6)13-19(7)22-9-8-12-27-25(22)17(3)4/h8-12,14-19H,13H2,1-7H3. The van der Waals surface area contributed by atoms with Gasteiger partial charge in [0, 0.05) is 23.0 Å². The molecular formula is C26H34N2. The van der Waals surface area contributed by atoms with E-state index in [0.717, 1.165) is 11.9 Å². The Morgan fingerprint density at radius 1 is 0.750 bits per heavy atom. The predicted octanol–water partition coefficient (Wildman–Crippen LogP) is 7.35. The number of hydrogen-bond acceptors (Lipinski definition) is 2. The van der Waals surface area contributed by atoms with Gasteiger partial charge in [-0.2, -0.15) is 0 Å². The molecular weight excluding hydrogens is 340 g/mol. The van der Waals surface area contributed by atoms with Gasteiger partial charge >= 0.3 is 0 Å². The zero-order valence-electron chi connectivity index (χ0n) is 18.5. The number of hydrogen-bond donors (Lipinski definition) is 0. The molecule has 2 aromatic heterocycles. The number of fused-ring (bicyclic) bond motifs is 1. The topological polar surface area (TPSA) is 25.8 Å². The first-order valence-corrected chi connectivity index (χ1v) is 10.7. The molecule has 3 aromatic rings. The summed E-state index contributed by atoms with van der Waals surface area (Å²) < 4.78 is 0. The third kappa shape index (κ3) is 4.27. The first kappa shape index (κ1) is 20.5. The maximum atomic E-state index is 5.07. The van der Waals surface area contributed by atoms with Gasteiger partial charge in [-0.1, -0.05) is 66.7 Å². The number of benzene rings is 1. The molecule has 0 aliphatic rings. The van der Waals surface area contributed by atoms with Crippen molar-refractivity contribution in [1.29, 1.82) is 0 Å². The SMILES string of the molecule is CC(C)c1cc2ccc(CC(C)c3cccnc3C(C)C)cc2nc1C(C)C. The van der Waals surface area contributed by atoms with Gasteiger partial charge in [0.1, 0.15) is 0 Å². The number of pyridine rings is 2. The molecule has 28 heavy (non-hydrogen) atoms. The second-order valence-corrected chi connectivity index (χ2v) is 9.04. The molecule has 0 radical (unpaired) electrons. The van der Waals surface area contributed by atoms with E-state index in [4.69, 9.17) is 4.98 Å². The van der Waals surface area contributed by atoms with E-state index in [1.807, 2.05) is 6.20 Å². The van der Waals surface area contributed by atoms with Gasteiger partial charge in [-0.3, -0.25) is 9.97 Å². The normalized spacial score (nSPS) is 13.1. The maximum absolute atomic E-state index is 5.07. The summed E-state index contributed by atoms with van der Waals surface area (Å²) in [5.41, 5.74) is 7.66. The van der Waals surface area contributed by atoms with Crippen LogP contribution in [0.5, 0.6) is 0 Å². The minimum absolute atomic E-state index is 0.433. The molecule has 0 aliphatic heterocycles. The van der Waals surface area contributed by atoms with E-state index in [2.05, 4.69) is 89.8 Å². The Balaban J connectivity index is 1.95. The molecule has 2 heterocycles. The Kier molecular flexibility index (Phi) is 6.17. The lowest BCUT2D eigenvalue weighted by atomic mass is 9.89. The number of nitrogens with zero attached hydrogens (tertiary/aromatic N) is 2. The third-order valence-electron chi connectivity index (χ3n) is 5.60. The Morgan fingerprint density at radius 3 is 2.11 bits per heavy atom. The summed E-state index contributed by atoms with van der Waals surface area (Å²) in [7, 11) is 0. The van der Waals surface area contributed by atoms with Crippen molar-refractivity contribution in [1.82, 2.24) is 9.97 Å². The van der Waals surface area contributed by atoms with Gasteiger partial charge in [0.2, 0.25) is 0 Å². The molecule has 2 nitrogen and oxygen atoms in total. The molecule has 0 bridgehead atoms. The van der Waals surface area contributed by atoms with Crippen LogP contribution >= 0.6 is 0 Å². The molecule has 2 heteroatoms. The highest BCUT2D eigenvalue weighted by Crippen LogP contribution is 2.31. The number of aromatic nitrogens is 2. The van der Waals surface area contributed by atoms with Gasteiger partial charge in [-0.05, 0) is 65.0 Å². The summed E-state index contributed by atoms with van der Waals surface area (Å²) in [5.74, 6) is 1.81. The molecule has 0 fully saturated rings. The summed E-state index contributed by atoms with van der Waals surface area (Å²) in [6.07, 6.45) is 2.91. The molecule has 1 aromatic carbocycles. The first-order chi connectivity index (χ1) is 13.3. The Bertz CT molecular complexity index is 954. The second kappa shape index (κ2) is 8.43. The molecule has 1 unspecified atom stereocenters. The summed E-state index contributed by atoms with van der Waals surface area (Å²) in [6, 6.07) is 13.4. The van der Waals surface area contributed by atoms with Crippen molar-refractivity contribution in [3.63, 3.8) is 0 Å². The van der Waals surface area contributed by atoms with Gasteiger partial charge in [0.05, 0.1) is 5.52 Å². The fraction of sp³-hybridized carbons (Fsp3) is 0.462. The van der Waals surface area contributed by atoms with Crippen LogP contribution in [0.15, 0.2) is 42.6 Å². The molecule has 148 valence electrons. The highest BCUT2D eigenvalue weighted by Gasteiger charge is 2.16. The third-order valence-corrected chi connectivity index (χ3v) is 5.60. The lowest BCUT2D eigenvalue weighted by Crippen LogP contribution is -2.06. The van der Waals surface area contributed by atoms with Crippen LogP contribution in [-0.2, 0) is 6.42 Å². The average Bonchev–Trinajstić information content (AvgIpc) is 2.66. The monoisotopic (exact) mass is 374 g/mol. The minimum Gasteiger partial charge on any atom is -0.261 e. The smallest absolute Gasteiger partial charge is 0.0708 e. The van der Waals surface area contributed by atoms with Gasteiger partial charge < -0.3 is 0 Å². The van der Waals surface area contributed by atoms with Gasteiger partial charge in [0.15, 0.2) is 0 Å². The van der Waals surface area contributed by atoms with Crippen molar-refractivity contribution in [2.75, 3.05) is 0 Å². The van der Waals surface area contributed by atoms with Crippen LogP contribution in [-0.4, -0.2) is 9.97 Å². The van der Waals surface area contributed by atoms with E-state index in [-0.39, 0.29) is 0 Å². The average molecular weight is 375 g/mol. The summed E-state index contributed by atoms with van der Waals surface area (Å²) in [6.45, 7) is 15.7. The maximum Gasteiger partial charge on any atom is 0.0708 e. The van der Waals surface area contributed by atoms with Crippen molar-refractivity contribution < 1.29 is 0 Å². The van der Waals surface area contributed by atoms with Crippen LogP contribution in [0.3, 0.4) is 0 Å². The highest BCUT2D eigenvalue weighted by molar-refractivity contribution is 5.80. The van der Waals surface area contributed by atoms with Gasteiger partial charge in [0.25, 0.3) is 0 Å². The van der Waals surface area contributed by atoms with E-state index in [0.29, 0.717) is 23.7 Å². The Hall–Kier alpha value is -2.22. The Morgan fingerprint density at radius 2 is 1.46 bits per heavy atom. The number of rotatable bonds is 6. The first-order valence-electron chi connectivity index (χ1n) is 10.7. The van der Waals surface area contributed by atoms with Crippen molar-refractivity contribution in [3.05, 3.63) is 70.7 Å². The van der Waals surface area contributed by atoms with Crippen LogP contribution in [0, 0.1) is 0 Å². The van der Waals surface area contributed by atoms with E-state index in [1.165, 1.54) is 33.5 Å². The lowest BCUT2D eigenvalue weighted by Gasteiger charge is -2.19. The van der Waals surface area contributed by atoms with E-state index >= 15 is 0 Å². The van der Waals surface area contributed by atoms with Crippen LogP contribution in [0.4, 0.5) is 0 Å². The van der Waals surface area contributed by atoms with E-state index in [9.17, 15) is 0 Å². The zero-order chi connectivity index (χ0) is 20.4. The molecule has 0 saturated carbocycles. The highest BCUT2D eigenvalue weighted by atomic mass is 14.7. The van der Waals surface area contributed by atoms with Crippen molar-refractivity contribution in [2.24, 2.45) is 0 Å². The van der Waals surface area contributed by atoms with Gasteiger partial charge in [-0.25, -0.2) is 0 Å². The van der Waals surface area contributed by atoms with Gasteiger partial charge in [-0.15, -0.1) is 0 Å². The van der Waals surface area contributed by atoms with Crippen LogP contribution in [0.2, 0.25) is 0 Å². The van der Waals surface area contributed by atoms with Crippen LogP contribution in [0.25, 0.3) is 10.9 Å². The molecule has 3 rings (SSSR count). The van der Waals surface area contributed by atoms with Crippen molar-refractivity contribution in [2.45, 2.75) is 78.6 Å². The van der Waals surface area contributed by atoms with Crippen LogP contribution < -0.4 is 0 Å². The molecule has 0 aliphatic carbocycles. The summed E-state index contributed by atoms with van der Waals surface area (Å²) in [4.78, 5) is 9.71. The van der Waals surface area contributed by atoms with Crippen LogP contribution in [0.1, 0.15) is 100 Å². The molecule has 0 N–H and O–H groups in total. The molecule has 0 amide bonds. The summed E-state index contributed by atoms with van der Waals surface area (Å²) in [5, 5.41) is 1.24. The molecule has 0 spiro atoms. The summed E-state index contributed by atoms with van der Waals surface area (Å²) >= 11 is 0. The fourth-order valence-electron chi connectivity index (χ4n) is 4.09. The van der Waals surface area contributed by atoms with E-state index in [1.54, 1.807) is 0 Å². The quantitative estimate of drug-likeness (QED) is 0.451. The van der Waals surface area contributed by atoms with Crippen molar-refractivity contribution >= 4 is 10.9 Å². The molecule has 0 saturated heterocycles. The zero-order valence-corrected chi connectivity index (χ0v) is 18.5.